The first-order valence-electron chi connectivity index (χ1n) is 11.4. The van der Waals surface area contributed by atoms with E-state index in [1.807, 2.05) is 29.2 Å². The summed E-state index contributed by atoms with van der Waals surface area (Å²) in [7, 11) is 0. The molecule has 0 spiro atoms. The summed E-state index contributed by atoms with van der Waals surface area (Å²) in [6, 6.07) is 18.6. The van der Waals surface area contributed by atoms with Gasteiger partial charge in [0, 0.05) is 63.1 Å². The van der Waals surface area contributed by atoms with Crippen LogP contribution in [0.2, 0.25) is 0 Å². The number of likely N-dealkylation sites (tertiary alicyclic amines) is 1. The summed E-state index contributed by atoms with van der Waals surface area (Å²) in [4.78, 5) is 30.2. The molecule has 0 saturated carbocycles. The number of carboxylic acids is 1. The molecule has 32 heavy (non-hydrogen) atoms. The number of hydrogen-bond donors (Lipinski definition) is 2. The van der Waals surface area contributed by atoms with E-state index in [4.69, 9.17) is 5.11 Å². The van der Waals surface area contributed by atoms with Crippen molar-refractivity contribution in [2.45, 2.75) is 25.4 Å². The van der Waals surface area contributed by atoms with Crippen LogP contribution < -0.4 is 10.2 Å². The number of carbonyl (C=O) groups is 2. The van der Waals surface area contributed by atoms with Gasteiger partial charge >= 0.3 is 5.97 Å². The Balaban J connectivity index is 1.23. The highest BCUT2D eigenvalue weighted by atomic mass is 16.4. The van der Waals surface area contributed by atoms with Crippen molar-refractivity contribution in [3.8, 4) is 0 Å². The predicted octanol–water partition coefficient (Wildman–Crippen LogP) is 2.29. The summed E-state index contributed by atoms with van der Waals surface area (Å²) in [6.07, 6.45) is 1.56. The molecule has 0 aromatic heterocycles. The van der Waals surface area contributed by atoms with Crippen LogP contribution in [-0.4, -0.2) is 78.6 Å². The standard InChI is InChI=1S/C25H32N4O3/c30-24(31)19-27-12-10-22(11-13-27)26-25(32)21-6-8-23(9-7-21)29-16-14-28(15-17-29)18-20-4-2-1-3-5-20/h1-9,22H,10-19H2,(H,26,32)(H,30,31). The maximum absolute atomic E-state index is 12.6. The molecule has 2 aliphatic rings. The average molecular weight is 437 g/mol. The topological polar surface area (TPSA) is 76.1 Å². The Morgan fingerprint density at radius 1 is 0.844 bits per heavy atom. The molecule has 2 aromatic rings. The van der Waals surface area contributed by atoms with Crippen molar-refractivity contribution in [2.75, 3.05) is 50.7 Å². The third-order valence-electron chi connectivity index (χ3n) is 6.40. The highest BCUT2D eigenvalue weighted by molar-refractivity contribution is 5.94. The third kappa shape index (κ3) is 6.08. The van der Waals surface area contributed by atoms with Crippen molar-refractivity contribution in [2.24, 2.45) is 0 Å². The Hall–Kier alpha value is -2.90. The van der Waals surface area contributed by atoms with Crippen LogP contribution in [-0.2, 0) is 11.3 Å². The van der Waals surface area contributed by atoms with Crippen molar-refractivity contribution in [3.63, 3.8) is 0 Å². The summed E-state index contributed by atoms with van der Waals surface area (Å²) in [5, 5.41) is 12.0. The first kappa shape index (κ1) is 22.3. The van der Waals surface area contributed by atoms with Crippen molar-refractivity contribution < 1.29 is 14.7 Å². The molecule has 0 radical (unpaired) electrons. The van der Waals surface area contributed by atoms with Crippen LogP contribution >= 0.6 is 0 Å². The quantitative estimate of drug-likeness (QED) is 0.694. The SMILES string of the molecule is O=C(O)CN1CCC(NC(=O)c2ccc(N3CCN(Cc4ccccc4)CC3)cc2)CC1. The van der Waals surface area contributed by atoms with Crippen LogP contribution in [0.4, 0.5) is 5.69 Å². The number of piperazine rings is 1. The molecule has 0 aliphatic carbocycles. The van der Waals surface area contributed by atoms with Crippen LogP contribution in [0.15, 0.2) is 54.6 Å². The number of piperidine rings is 1. The van der Waals surface area contributed by atoms with Gasteiger partial charge in [0.05, 0.1) is 6.54 Å². The summed E-state index contributed by atoms with van der Waals surface area (Å²) in [6.45, 7) is 6.47. The van der Waals surface area contributed by atoms with Crippen molar-refractivity contribution in [3.05, 3.63) is 65.7 Å². The number of carbonyl (C=O) groups excluding carboxylic acids is 1. The van der Waals surface area contributed by atoms with Crippen LogP contribution in [0, 0.1) is 0 Å². The lowest BCUT2D eigenvalue weighted by Gasteiger charge is -2.36. The highest BCUT2D eigenvalue weighted by Gasteiger charge is 2.23. The summed E-state index contributed by atoms with van der Waals surface area (Å²) < 4.78 is 0. The van der Waals surface area contributed by atoms with Gasteiger partial charge in [-0.15, -0.1) is 0 Å². The fraction of sp³-hybridized carbons (Fsp3) is 0.440. The fourth-order valence-electron chi connectivity index (χ4n) is 4.52. The first-order valence-corrected chi connectivity index (χ1v) is 11.4. The lowest BCUT2D eigenvalue weighted by atomic mass is 10.0. The largest absolute Gasteiger partial charge is 0.480 e. The van der Waals surface area contributed by atoms with Crippen molar-refractivity contribution >= 4 is 17.6 Å². The van der Waals surface area contributed by atoms with E-state index in [-0.39, 0.29) is 18.5 Å². The van der Waals surface area contributed by atoms with Gasteiger partial charge in [-0.2, -0.15) is 0 Å². The minimum Gasteiger partial charge on any atom is -0.480 e. The average Bonchev–Trinajstić information content (AvgIpc) is 2.81. The molecule has 2 saturated heterocycles. The van der Waals surface area contributed by atoms with E-state index < -0.39 is 5.97 Å². The van der Waals surface area contributed by atoms with E-state index in [0.717, 1.165) is 51.3 Å². The molecule has 0 atom stereocenters. The Labute approximate surface area is 189 Å². The number of amides is 1. The summed E-state index contributed by atoms with van der Waals surface area (Å²) in [5.41, 5.74) is 3.18. The van der Waals surface area contributed by atoms with E-state index in [9.17, 15) is 9.59 Å². The Morgan fingerprint density at radius 3 is 2.12 bits per heavy atom. The molecular weight excluding hydrogens is 404 g/mol. The van der Waals surface area contributed by atoms with E-state index in [2.05, 4.69) is 45.4 Å². The fourth-order valence-corrected chi connectivity index (χ4v) is 4.52. The third-order valence-corrected chi connectivity index (χ3v) is 6.40. The normalized spacial score (nSPS) is 18.4. The number of rotatable bonds is 7. The van der Waals surface area contributed by atoms with Gasteiger partial charge in [0.15, 0.2) is 0 Å². The zero-order valence-electron chi connectivity index (χ0n) is 18.4. The molecule has 4 rings (SSSR count). The van der Waals surface area contributed by atoms with Crippen LogP contribution in [0.25, 0.3) is 0 Å². The van der Waals surface area contributed by atoms with Gasteiger partial charge < -0.3 is 15.3 Å². The predicted molar refractivity (Wildman–Crippen MR) is 125 cm³/mol. The van der Waals surface area contributed by atoms with Crippen molar-refractivity contribution in [1.29, 1.82) is 0 Å². The number of nitrogens with one attached hydrogen (secondary N) is 1. The molecule has 2 N–H and O–H groups in total. The number of carboxylic acid groups (broad SMARTS) is 1. The molecule has 0 bridgehead atoms. The molecule has 2 heterocycles. The van der Waals surface area contributed by atoms with Gasteiger partial charge in [-0.3, -0.25) is 19.4 Å². The molecule has 1 amide bonds. The Morgan fingerprint density at radius 2 is 1.50 bits per heavy atom. The number of aliphatic carboxylic acids is 1. The molecule has 7 heteroatoms. The van der Waals surface area contributed by atoms with Crippen LogP contribution in [0.3, 0.4) is 0 Å². The van der Waals surface area contributed by atoms with Crippen LogP contribution in [0.5, 0.6) is 0 Å². The second kappa shape index (κ2) is 10.6. The van der Waals surface area contributed by atoms with E-state index in [0.29, 0.717) is 18.7 Å². The second-order valence-electron chi connectivity index (χ2n) is 8.71. The lowest BCUT2D eigenvalue weighted by Crippen LogP contribution is -2.46. The monoisotopic (exact) mass is 436 g/mol. The Bertz CT molecular complexity index is 887. The highest BCUT2D eigenvalue weighted by Crippen LogP contribution is 2.19. The number of hydrogen-bond acceptors (Lipinski definition) is 5. The van der Waals surface area contributed by atoms with E-state index >= 15 is 0 Å². The summed E-state index contributed by atoms with van der Waals surface area (Å²) >= 11 is 0. The zero-order chi connectivity index (χ0) is 22.3. The maximum Gasteiger partial charge on any atom is 0.317 e. The van der Waals surface area contributed by atoms with Gasteiger partial charge in [0.2, 0.25) is 0 Å². The van der Waals surface area contributed by atoms with E-state index in [1.165, 1.54) is 5.56 Å². The van der Waals surface area contributed by atoms with Gasteiger partial charge in [-0.05, 0) is 42.7 Å². The zero-order valence-corrected chi connectivity index (χ0v) is 18.4. The lowest BCUT2D eigenvalue weighted by molar-refractivity contribution is -0.138. The van der Waals surface area contributed by atoms with Crippen LogP contribution in [0.1, 0.15) is 28.8 Å². The molecule has 170 valence electrons. The summed E-state index contributed by atoms with van der Waals surface area (Å²) in [5.74, 6) is -0.855. The van der Waals surface area contributed by atoms with Gasteiger partial charge in [0.1, 0.15) is 0 Å². The molecule has 2 fully saturated rings. The number of nitrogens with zero attached hydrogens (tertiary/aromatic N) is 3. The van der Waals surface area contributed by atoms with Gasteiger partial charge in [-0.1, -0.05) is 30.3 Å². The minimum absolute atomic E-state index is 0.0547. The number of benzene rings is 2. The molecule has 7 nitrogen and oxygen atoms in total. The maximum atomic E-state index is 12.6. The molecular formula is C25H32N4O3. The molecule has 2 aromatic carbocycles. The van der Waals surface area contributed by atoms with Gasteiger partial charge in [0.25, 0.3) is 5.91 Å². The smallest absolute Gasteiger partial charge is 0.317 e. The Kier molecular flexibility index (Phi) is 7.39. The molecule has 2 aliphatic heterocycles. The number of anilines is 1. The van der Waals surface area contributed by atoms with E-state index in [1.54, 1.807) is 0 Å². The minimum atomic E-state index is -0.801. The second-order valence-corrected chi connectivity index (χ2v) is 8.71. The van der Waals surface area contributed by atoms with Crippen molar-refractivity contribution in [1.82, 2.24) is 15.1 Å². The first-order chi connectivity index (χ1) is 15.6. The molecule has 0 unspecified atom stereocenters. The van der Waals surface area contributed by atoms with Gasteiger partial charge in [-0.25, -0.2) is 0 Å².